The number of aromatic nitrogens is 3. The summed E-state index contributed by atoms with van der Waals surface area (Å²) < 4.78 is 0. The molecule has 2 atom stereocenters. The molecule has 1 amide bonds. The van der Waals surface area contributed by atoms with Crippen LogP contribution in [0.4, 0.5) is 16.6 Å². The Balaban J connectivity index is 1.14. The molecule has 3 aromatic carbocycles. The van der Waals surface area contributed by atoms with Gasteiger partial charge in [0.1, 0.15) is 17.6 Å². The van der Waals surface area contributed by atoms with Crippen molar-refractivity contribution in [3.8, 4) is 21.6 Å². The van der Waals surface area contributed by atoms with Crippen LogP contribution in [0.5, 0.6) is 0 Å². The largest absolute Gasteiger partial charge is 0.340 e. The van der Waals surface area contributed by atoms with E-state index in [9.17, 15) is 14.4 Å². The average Bonchev–Trinajstić information content (AvgIpc) is 3.69. The number of nitrogens with one attached hydrogen (secondary N) is 1. The van der Waals surface area contributed by atoms with E-state index in [1.807, 2.05) is 96.5 Å². The molecule has 0 radical (unpaired) electrons. The normalized spacial score (nSPS) is 19.4. The van der Waals surface area contributed by atoms with Crippen LogP contribution in [0.3, 0.4) is 0 Å². The van der Waals surface area contributed by atoms with Gasteiger partial charge in [-0.05, 0) is 45.7 Å². The van der Waals surface area contributed by atoms with E-state index in [4.69, 9.17) is 0 Å². The SMILES string of the molecule is CC1C=c2c(ccc3c2=CC(=O)c2ccccc2-3)C(C)(N2CN(CC(=O)Nc3ncc(-c4ccccc4)s3)c3cncnc32)C1=O. The summed E-state index contributed by atoms with van der Waals surface area (Å²) in [5.41, 5.74) is 3.89. The molecule has 5 aromatic rings. The van der Waals surface area contributed by atoms with Crippen molar-refractivity contribution in [3.05, 3.63) is 107 Å². The fourth-order valence-electron chi connectivity index (χ4n) is 6.90. The lowest BCUT2D eigenvalue weighted by Gasteiger charge is -2.42. The lowest BCUT2D eigenvalue weighted by atomic mass is 9.73. The van der Waals surface area contributed by atoms with Gasteiger partial charge in [-0.15, -0.1) is 0 Å². The number of Topliss-reactive ketones (excluding diaryl/α,β-unsaturated/α-hetero) is 2. The highest BCUT2D eigenvalue weighted by molar-refractivity contribution is 7.19. The second-order valence-corrected chi connectivity index (χ2v) is 12.9. The molecular formula is C36H28N6O3S. The van der Waals surface area contributed by atoms with Gasteiger partial charge < -0.3 is 15.1 Å². The Hall–Kier alpha value is -5.48. The standard InChI is InChI=1S/C36H28N6O3S/c1-21-14-27-26-15-30(43)25-11-7-6-10-23(25)24(26)12-13-28(27)36(2,33(21)45)42-20-41(29-16-37-19-39-34(29)42)18-32(44)40-35-38-17-31(46-35)22-8-4-3-5-9-22/h3-17,19,21H,18,20H2,1-2H3,(H,38,40,44). The number of carbonyl (C=O) groups excluding carboxylic acids is 3. The second-order valence-electron chi connectivity index (χ2n) is 11.9. The Morgan fingerprint density at radius 3 is 2.57 bits per heavy atom. The van der Waals surface area contributed by atoms with Crippen molar-refractivity contribution in [2.75, 3.05) is 28.3 Å². The highest BCUT2D eigenvalue weighted by Gasteiger charge is 2.50. The molecule has 0 bridgehead atoms. The van der Waals surface area contributed by atoms with Crippen LogP contribution in [-0.4, -0.2) is 45.6 Å². The molecule has 0 saturated carbocycles. The number of fused-ring (bicyclic) bond motifs is 6. The quantitative estimate of drug-likeness (QED) is 0.307. The van der Waals surface area contributed by atoms with E-state index in [0.29, 0.717) is 22.2 Å². The topological polar surface area (TPSA) is 108 Å². The zero-order valence-corrected chi connectivity index (χ0v) is 25.9. The Morgan fingerprint density at radius 1 is 0.957 bits per heavy atom. The molecule has 46 heavy (non-hydrogen) atoms. The first-order valence-corrected chi connectivity index (χ1v) is 15.8. The predicted octanol–water partition coefficient (Wildman–Crippen LogP) is 4.38. The molecule has 0 fully saturated rings. The number of rotatable bonds is 5. The molecule has 10 heteroatoms. The van der Waals surface area contributed by atoms with Crippen molar-refractivity contribution in [3.63, 3.8) is 0 Å². The van der Waals surface area contributed by atoms with Crippen LogP contribution in [0.15, 0.2) is 85.5 Å². The smallest absolute Gasteiger partial charge is 0.245 e. The van der Waals surface area contributed by atoms with Gasteiger partial charge in [0, 0.05) is 17.7 Å². The number of anilines is 3. The van der Waals surface area contributed by atoms with Crippen molar-refractivity contribution >= 4 is 57.6 Å². The summed E-state index contributed by atoms with van der Waals surface area (Å²) in [4.78, 5) is 58.8. The third-order valence-electron chi connectivity index (χ3n) is 9.15. The second kappa shape index (κ2) is 10.6. The predicted molar refractivity (Wildman–Crippen MR) is 179 cm³/mol. The summed E-state index contributed by atoms with van der Waals surface area (Å²) in [5.74, 6) is -0.134. The van der Waals surface area contributed by atoms with Gasteiger partial charge in [-0.25, -0.2) is 15.0 Å². The molecule has 3 heterocycles. The van der Waals surface area contributed by atoms with Crippen LogP contribution < -0.4 is 25.6 Å². The van der Waals surface area contributed by atoms with Gasteiger partial charge in [-0.2, -0.15) is 0 Å². The Bertz CT molecular complexity index is 2210. The first kappa shape index (κ1) is 28.0. The maximum absolute atomic E-state index is 14.2. The zero-order valence-electron chi connectivity index (χ0n) is 25.1. The molecule has 0 spiro atoms. The van der Waals surface area contributed by atoms with Gasteiger partial charge in [-0.3, -0.25) is 14.4 Å². The summed E-state index contributed by atoms with van der Waals surface area (Å²) >= 11 is 1.41. The first-order valence-electron chi connectivity index (χ1n) is 15.0. The van der Waals surface area contributed by atoms with E-state index in [1.165, 1.54) is 17.7 Å². The maximum atomic E-state index is 14.2. The summed E-state index contributed by atoms with van der Waals surface area (Å²) in [6, 6.07) is 21.5. The fourth-order valence-corrected chi connectivity index (χ4v) is 7.74. The van der Waals surface area contributed by atoms with Crippen molar-refractivity contribution in [1.29, 1.82) is 0 Å². The maximum Gasteiger partial charge on any atom is 0.245 e. The molecule has 226 valence electrons. The van der Waals surface area contributed by atoms with E-state index in [-0.39, 0.29) is 30.7 Å². The van der Waals surface area contributed by atoms with Crippen LogP contribution in [-0.2, 0) is 15.1 Å². The minimum absolute atomic E-state index is 0.00887. The van der Waals surface area contributed by atoms with E-state index < -0.39 is 11.5 Å². The number of nitrogens with zero attached hydrogens (tertiary/aromatic N) is 5. The summed E-state index contributed by atoms with van der Waals surface area (Å²) in [5, 5.41) is 5.14. The van der Waals surface area contributed by atoms with E-state index in [2.05, 4.69) is 20.3 Å². The summed E-state index contributed by atoms with van der Waals surface area (Å²) in [6.45, 7) is 4.06. The van der Waals surface area contributed by atoms with Crippen LogP contribution in [0.1, 0.15) is 29.8 Å². The third kappa shape index (κ3) is 4.28. The van der Waals surface area contributed by atoms with Gasteiger partial charge in [-0.1, -0.05) is 91.1 Å². The van der Waals surface area contributed by atoms with Gasteiger partial charge in [0.25, 0.3) is 0 Å². The van der Waals surface area contributed by atoms with Crippen molar-refractivity contribution in [2.45, 2.75) is 19.4 Å². The highest BCUT2D eigenvalue weighted by Crippen LogP contribution is 2.44. The fraction of sp³-hybridized carbons (Fsp3) is 0.167. The highest BCUT2D eigenvalue weighted by atomic mass is 32.1. The Kier molecular flexibility index (Phi) is 6.43. The molecular weight excluding hydrogens is 597 g/mol. The van der Waals surface area contributed by atoms with Crippen molar-refractivity contribution in [1.82, 2.24) is 15.0 Å². The van der Waals surface area contributed by atoms with Crippen LogP contribution in [0.2, 0.25) is 0 Å². The Morgan fingerprint density at radius 2 is 1.74 bits per heavy atom. The molecule has 2 aromatic heterocycles. The van der Waals surface area contributed by atoms with Crippen LogP contribution in [0.25, 0.3) is 33.7 Å². The number of ketones is 2. The van der Waals surface area contributed by atoms with E-state index in [1.54, 1.807) is 18.5 Å². The number of thiazole rings is 1. The number of hydrogen-bond acceptors (Lipinski definition) is 9. The molecule has 0 saturated heterocycles. The molecule has 3 aliphatic rings. The molecule has 2 unspecified atom stereocenters. The summed E-state index contributed by atoms with van der Waals surface area (Å²) in [7, 11) is 0. The Labute approximate surface area is 268 Å². The molecule has 9 nitrogen and oxygen atoms in total. The number of carbonyl (C=O) groups is 3. The lowest BCUT2D eigenvalue weighted by molar-refractivity contribution is -0.126. The molecule has 2 aliphatic carbocycles. The summed E-state index contributed by atoms with van der Waals surface area (Å²) in [6.07, 6.45) is 8.55. The van der Waals surface area contributed by atoms with Gasteiger partial charge in [0.05, 0.1) is 24.3 Å². The molecule has 1 aliphatic heterocycles. The van der Waals surface area contributed by atoms with Crippen molar-refractivity contribution in [2.24, 2.45) is 5.92 Å². The van der Waals surface area contributed by atoms with E-state index >= 15 is 0 Å². The lowest BCUT2D eigenvalue weighted by Crippen LogP contribution is -2.59. The van der Waals surface area contributed by atoms with Crippen molar-refractivity contribution < 1.29 is 14.4 Å². The first-order chi connectivity index (χ1) is 22.3. The number of amides is 1. The van der Waals surface area contributed by atoms with Crippen LogP contribution >= 0.6 is 11.3 Å². The van der Waals surface area contributed by atoms with Gasteiger partial charge in [0.2, 0.25) is 5.91 Å². The van der Waals surface area contributed by atoms with Gasteiger partial charge >= 0.3 is 0 Å². The van der Waals surface area contributed by atoms with E-state index in [0.717, 1.165) is 37.6 Å². The number of benzene rings is 3. The minimum Gasteiger partial charge on any atom is -0.340 e. The monoisotopic (exact) mass is 624 g/mol. The van der Waals surface area contributed by atoms with Crippen LogP contribution in [0, 0.1) is 5.92 Å². The van der Waals surface area contributed by atoms with Gasteiger partial charge in [0.15, 0.2) is 22.5 Å². The zero-order chi connectivity index (χ0) is 31.6. The minimum atomic E-state index is -1.12. The number of hydrogen-bond donors (Lipinski definition) is 1. The molecule has 8 rings (SSSR count). The average molecular weight is 625 g/mol. The third-order valence-corrected chi connectivity index (χ3v) is 10.1. The molecule has 1 N–H and O–H groups in total.